The third-order valence-corrected chi connectivity index (χ3v) is 3.87. The third-order valence-electron chi connectivity index (χ3n) is 3.58. The number of ether oxygens (including phenoxy) is 1. The van der Waals surface area contributed by atoms with Crippen LogP contribution in [0.4, 0.5) is 23.7 Å². The van der Waals surface area contributed by atoms with E-state index < -0.39 is 17.8 Å². The summed E-state index contributed by atoms with van der Waals surface area (Å²) in [6.07, 6.45) is -3.18. The molecule has 1 N–H and O–H groups in total. The van der Waals surface area contributed by atoms with Crippen LogP contribution < -0.4 is 10.1 Å². The van der Waals surface area contributed by atoms with E-state index in [1.54, 1.807) is 12.1 Å². The Balaban J connectivity index is 1.54. The summed E-state index contributed by atoms with van der Waals surface area (Å²) >= 11 is 5.93. The molecule has 132 valence electrons. The molecule has 0 aliphatic carbocycles. The maximum absolute atomic E-state index is 12.7. The highest BCUT2D eigenvalue weighted by Gasteiger charge is 2.34. The number of carbonyl (C=O) groups excluding carboxylic acids is 1. The summed E-state index contributed by atoms with van der Waals surface area (Å²) in [7, 11) is 0. The molecule has 0 spiro atoms. The van der Waals surface area contributed by atoms with Crippen molar-refractivity contribution in [2.45, 2.75) is 12.3 Å². The van der Waals surface area contributed by atoms with Gasteiger partial charge in [0.2, 0.25) is 5.88 Å². The number of likely N-dealkylation sites (tertiary alicyclic amines) is 1. The van der Waals surface area contributed by atoms with Crippen LogP contribution in [0, 0.1) is 0 Å². The molecule has 0 unspecified atom stereocenters. The molecular weight excluding hydrogens is 359 g/mol. The number of benzene rings is 1. The second-order valence-corrected chi connectivity index (χ2v) is 5.85. The van der Waals surface area contributed by atoms with Gasteiger partial charge < -0.3 is 15.0 Å². The van der Waals surface area contributed by atoms with E-state index in [0.717, 1.165) is 12.1 Å². The number of anilines is 1. The van der Waals surface area contributed by atoms with Gasteiger partial charge in [-0.1, -0.05) is 17.7 Å². The number of hydrogen-bond acceptors (Lipinski definition) is 3. The molecular formula is C16H13ClF3N3O2. The Bertz CT molecular complexity index is 779. The minimum atomic E-state index is -4.46. The first-order valence-electron chi connectivity index (χ1n) is 7.33. The van der Waals surface area contributed by atoms with E-state index in [-0.39, 0.29) is 30.8 Å². The van der Waals surface area contributed by atoms with Crippen molar-refractivity contribution in [1.29, 1.82) is 0 Å². The highest BCUT2D eigenvalue weighted by atomic mass is 35.5. The van der Waals surface area contributed by atoms with Crippen LogP contribution >= 0.6 is 11.6 Å². The van der Waals surface area contributed by atoms with Crippen LogP contribution in [0.15, 0.2) is 42.6 Å². The number of rotatable bonds is 3. The standard InChI is InChI=1S/C16H13ClF3N3O2/c17-13-5-2-6-21-14(13)25-12-8-23(9-12)15(24)22-11-4-1-3-10(7-11)16(18,19)20/h1-7,12H,8-9H2,(H,22,24). The molecule has 25 heavy (non-hydrogen) atoms. The SMILES string of the molecule is O=C(Nc1cccc(C(F)(F)F)c1)N1CC(Oc2ncccc2Cl)C1. The van der Waals surface area contributed by atoms with Gasteiger partial charge in [0.25, 0.3) is 0 Å². The summed E-state index contributed by atoms with van der Waals surface area (Å²) in [5, 5.41) is 2.81. The van der Waals surface area contributed by atoms with Crippen molar-refractivity contribution in [2.24, 2.45) is 0 Å². The van der Waals surface area contributed by atoms with E-state index in [1.165, 1.54) is 23.2 Å². The summed E-state index contributed by atoms with van der Waals surface area (Å²) in [6, 6.07) is 7.29. The topological polar surface area (TPSA) is 54.5 Å². The number of nitrogens with zero attached hydrogens (tertiary/aromatic N) is 2. The summed E-state index contributed by atoms with van der Waals surface area (Å²) in [6.45, 7) is 0.579. The molecule has 1 aliphatic rings. The molecule has 1 aromatic carbocycles. The number of pyridine rings is 1. The van der Waals surface area contributed by atoms with Crippen LogP contribution in [0.1, 0.15) is 5.56 Å². The van der Waals surface area contributed by atoms with E-state index in [0.29, 0.717) is 5.02 Å². The Hall–Kier alpha value is -2.48. The maximum Gasteiger partial charge on any atom is 0.416 e. The molecule has 9 heteroatoms. The molecule has 1 saturated heterocycles. The van der Waals surface area contributed by atoms with Crippen molar-refractivity contribution >= 4 is 23.3 Å². The Morgan fingerprint density at radius 2 is 2.04 bits per heavy atom. The zero-order valence-corrected chi connectivity index (χ0v) is 13.5. The summed E-state index contributed by atoms with van der Waals surface area (Å²) < 4.78 is 43.6. The molecule has 0 saturated carbocycles. The zero-order valence-electron chi connectivity index (χ0n) is 12.8. The molecule has 1 aliphatic heterocycles. The van der Waals surface area contributed by atoms with Crippen molar-refractivity contribution in [3.05, 3.63) is 53.2 Å². The lowest BCUT2D eigenvalue weighted by Gasteiger charge is -2.38. The van der Waals surface area contributed by atoms with Gasteiger partial charge in [0.1, 0.15) is 11.1 Å². The first kappa shape index (κ1) is 17.3. The summed E-state index contributed by atoms with van der Waals surface area (Å²) in [4.78, 5) is 17.5. The van der Waals surface area contributed by atoms with Crippen molar-refractivity contribution in [2.75, 3.05) is 18.4 Å². The molecule has 1 fully saturated rings. The minimum absolute atomic E-state index is 0.0805. The van der Waals surface area contributed by atoms with Gasteiger partial charge in [0.05, 0.1) is 18.7 Å². The van der Waals surface area contributed by atoms with E-state index in [4.69, 9.17) is 16.3 Å². The van der Waals surface area contributed by atoms with Crippen LogP contribution in [-0.2, 0) is 6.18 Å². The van der Waals surface area contributed by atoms with Crippen LogP contribution in [0.5, 0.6) is 5.88 Å². The van der Waals surface area contributed by atoms with Gasteiger partial charge in [-0.3, -0.25) is 0 Å². The second-order valence-electron chi connectivity index (χ2n) is 5.44. The number of amides is 2. The van der Waals surface area contributed by atoms with Gasteiger partial charge in [-0.2, -0.15) is 13.2 Å². The molecule has 3 rings (SSSR count). The van der Waals surface area contributed by atoms with Gasteiger partial charge >= 0.3 is 12.2 Å². The molecule has 0 bridgehead atoms. The molecule has 0 radical (unpaired) electrons. The number of urea groups is 1. The van der Waals surface area contributed by atoms with Crippen LogP contribution in [0.2, 0.25) is 5.02 Å². The number of alkyl halides is 3. The number of carbonyl (C=O) groups is 1. The molecule has 2 amide bonds. The van der Waals surface area contributed by atoms with Crippen LogP contribution in [0.25, 0.3) is 0 Å². The lowest BCUT2D eigenvalue weighted by molar-refractivity contribution is -0.137. The lowest BCUT2D eigenvalue weighted by atomic mass is 10.1. The fourth-order valence-corrected chi connectivity index (χ4v) is 2.44. The number of nitrogens with one attached hydrogen (secondary N) is 1. The fourth-order valence-electron chi connectivity index (χ4n) is 2.27. The maximum atomic E-state index is 12.7. The van der Waals surface area contributed by atoms with Crippen molar-refractivity contribution in [1.82, 2.24) is 9.88 Å². The average molecular weight is 372 g/mol. The first-order valence-corrected chi connectivity index (χ1v) is 7.71. The Morgan fingerprint density at radius 1 is 1.28 bits per heavy atom. The second kappa shape index (κ2) is 6.79. The predicted molar refractivity (Wildman–Crippen MR) is 85.7 cm³/mol. The minimum Gasteiger partial charge on any atom is -0.470 e. The highest BCUT2D eigenvalue weighted by molar-refractivity contribution is 6.31. The molecule has 2 heterocycles. The van der Waals surface area contributed by atoms with E-state index in [2.05, 4.69) is 10.3 Å². The largest absolute Gasteiger partial charge is 0.470 e. The quantitative estimate of drug-likeness (QED) is 0.885. The zero-order chi connectivity index (χ0) is 18.0. The monoisotopic (exact) mass is 371 g/mol. The molecule has 2 aromatic rings. The van der Waals surface area contributed by atoms with Crippen LogP contribution in [-0.4, -0.2) is 35.1 Å². The van der Waals surface area contributed by atoms with Gasteiger partial charge in [-0.15, -0.1) is 0 Å². The smallest absolute Gasteiger partial charge is 0.416 e. The highest BCUT2D eigenvalue weighted by Crippen LogP contribution is 2.31. The number of aromatic nitrogens is 1. The van der Waals surface area contributed by atoms with Gasteiger partial charge in [-0.05, 0) is 30.3 Å². The predicted octanol–water partition coefficient (Wildman–Crippen LogP) is 4.05. The number of halogens is 4. The van der Waals surface area contributed by atoms with E-state index in [9.17, 15) is 18.0 Å². The molecule has 5 nitrogen and oxygen atoms in total. The van der Waals surface area contributed by atoms with Crippen molar-refractivity contribution in [3.63, 3.8) is 0 Å². The van der Waals surface area contributed by atoms with Crippen molar-refractivity contribution in [3.8, 4) is 5.88 Å². The third kappa shape index (κ3) is 4.14. The van der Waals surface area contributed by atoms with Crippen LogP contribution in [0.3, 0.4) is 0 Å². The van der Waals surface area contributed by atoms with E-state index in [1.807, 2.05) is 0 Å². The lowest BCUT2D eigenvalue weighted by Crippen LogP contribution is -2.57. The van der Waals surface area contributed by atoms with Crippen molar-refractivity contribution < 1.29 is 22.7 Å². The first-order chi connectivity index (χ1) is 11.8. The summed E-state index contributed by atoms with van der Waals surface area (Å²) in [5.74, 6) is 0.284. The Labute approximate surface area is 146 Å². The van der Waals surface area contributed by atoms with Gasteiger partial charge in [0.15, 0.2) is 0 Å². The molecule has 1 aromatic heterocycles. The molecule has 0 atom stereocenters. The normalized spacial score (nSPS) is 14.8. The Morgan fingerprint density at radius 3 is 2.72 bits per heavy atom. The Kier molecular flexibility index (Phi) is 4.71. The summed E-state index contributed by atoms with van der Waals surface area (Å²) in [5.41, 5.74) is -0.739. The number of hydrogen-bond donors (Lipinski definition) is 1. The van der Waals surface area contributed by atoms with Gasteiger partial charge in [0, 0.05) is 11.9 Å². The van der Waals surface area contributed by atoms with Gasteiger partial charge in [-0.25, -0.2) is 9.78 Å². The van der Waals surface area contributed by atoms with E-state index >= 15 is 0 Å². The average Bonchev–Trinajstić information content (AvgIpc) is 2.51. The fraction of sp³-hybridized carbons (Fsp3) is 0.250.